The summed E-state index contributed by atoms with van der Waals surface area (Å²) in [7, 11) is 1.88. The molecule has 112 valence electrons. The molecule has 1 atom stereocenters. The molecule has 3 heteroatoms. The summed E-state index contributed by atoms with van der Waals surface area (Å²) >= 11 is 0. The van der Waals surface area contributed by atoms with Gasteiger partial charge in [-0.05, 0) is 49.4 Å². The van der Waals surface area contributed by atoms with Crippen LogP contribution in [0, 0.1) is 23.5 Å². The molecule has 0 aliphatic heterocycles. The summed E-state index contributed by atoms with van der Waals surface area (Å²) < 4.78 is 26.8. The lowest BCUT2D eigenvalue weighted by atomic mass is 9.75. The van der Waals surface area contributed by atoms with Gasteiger partial charge >= 0.3 is 0 Å². The molecule has 0 amide bonds. The Kier molecular flexibility index (Phi) is 5.53. The summed E-state index contributed by atoms with van der Waals surface area (Å²) in [6.07, 6.45) is 7.34. The fourth-order valence-corrected chi connectivity index (χ4v) is 3.65. The third-order valence-corrected chi connectivity index (χ3v) is 4.61. The maximum absolute atomic E-state index is 13.4. The van der Waals surface area contributed by atoms with E-state index in [9.17, 15) is 8.78 Å². The minimum absolute atomic E-state index is 0.0581. The van der Waals surface area contributed by atoms with Crippen LogP contribution in [0.15, 0.2) is 18.2 Å². The second kappa shape index (κ2) is 7.16. The van der Waals surface area contributed by atoms with E-state index in [1.165, 1.54) is 37.8 Å². The average Bonchev–Trinajstić information content (AvgIpc) is 2.41. The van der Waals surface area contributed by atoms with Crippen molar-refractivity contribution in [1.82, 2.24) is 5.32 Å². The van der Waals surface area contributed by atoms with E-state index in [1.807, 2.05) is 7.05 Å². The Morgan fingerprint density at radius 3 is 2.20 bits per heavy atom. The zero-order chi connectivity index (χ0) is 14.5. The Labute approximate surface area is 120 Å². The lowest BCUT2D eigenvalue weighted by molar-refractivity contribution is 0.219. The first-order chi connectivity index (χ1) is 9.63. The van der Waals surface area contributed by atoms with Crippen molar-refractivity contribution in [2.24, 2.45) is 11.8 Å². The number of rotatable bonds is 5. The van der Waals surface area contributed by atoms with Gasteiger partial charge in [-0.1, -0.05) is 32.6 Å². The van der Waals surface area contributed by atoms with Gasteiger partial charge in [-0.2, -0.15) is 0 Å². The molecule has 0 spiro atoms. The lowest BCUT2D eigenvalue weighted by Crippen LogP contribution is -2.29. The summed E-state index contributed by atoms with van der Waals surface area (Å²) in [4.78, 5) is 0. The SMILES string of the molecule is CCCC1CCC(C(NC)c2cc(F)cc(F)c2)CC1. The van der Waals surface area contributed by atoms with Gasteiger partial charge < -0.3 is 5.32 Å². The van der Waals surface area contributed by atoms with E-state index >= 15 is 0 Å². The molecule has 1 fully saturated rings. The van der Waals surface area contributed by atoms with Crippen molar-refractivity contribution in [1.29, 1.82) is 0 Å². The number of hydrogen-bond donors (Lipinski definition) is 1. The number of nitrogens with one attached hydrogen (secondary N) is 1. The minimum Gasteiger partial charge on any atom is -0.313 e. The molecule has 1 unspecified atom stereocenters. The Morgan fingerprint density at radius 2 is 1.70 bits per heavy atom. The zero-order valence-corrected chi connectivity index (χ0v) is 12.5. The van der Waals surface area contributed by atoms with Crippen LogP contribution in [0.4, 0.5) is 8.78 Å². The summed E-state index contributed by atoms with van der Waals surface area (Å²) in [6, 6.07) is 3.92. The number of hydrogen-bond acceptors (Lipinski definition) is 1. The third kappa shape index (κ3) is 3.78. The molecule has 1 aromatic rings. The first kappa shape index (κ1) is 15.4. The predicted molar refractivity (Wildman–Crippen MR) is 78.5 cm³/mol. The molecule has 1 aliphatic rings. The van der Waals surface area contributed by atoms with Crippen LogP contribution < -0.4 is 5.32 Å². The second-order valence-corrected chi connectivity index (χ2v) is 6.04. The Hall–Kier alpha value is -0.960. The van der Waals surface area contributed by atoms with Crippen molar-refractivity contribution < 1.29 is 8.78 Å². The van der Waals surface area contributed by atoms with Crippen molar-refractivity contribution in [3.8, 4) is 0 Å². The van der Waals surface area contributed by atoms with Gasteiger partial charge in [0.1, 0.15) is 11.6 Å². The van der Waals surface area contributed by atoms with Gasteiger partial charge in [-0.15, -0.1) is 0 Å². The molecule has 20 heavy (non-hydrogen) atoms. The van der Waals surface area contributed by atoms with Gasteiger partial charge in [0, 0.05) is 12.1 Å². The van der Waals surface area contributed by atoms with Crippen molar-refractivity contribution in [3.63, 3.8) is 0 Å². The molecule has 0 radical (unpaired) electrons. The molecule has 0 bridgehead atoms. The lowest BCUT2D eigenvalue weighted by Gasteiger charge is -2.34. The molecule has 1 nitrogen and oxygen atoms in total. The Bertz CT molecular complexity index is 405. The van der Waals surface area contributed by atoms with Crippen molar-refractivity contribution in [3.05, 3.63) is 35.4 Å². The highest BCUT2D eigenvalue weighted by atomic mass is 19.1. The van der Waals surface area contributed by atoms with E-state index in [0.717, 1.165) is 30.4 Å². The fraction of sp³-hybridized carbons (Fsp3) is 0.647. The van der Waals surface area contributed by atoms with Crippen molar-refractivity contribution in [2.75, 3.05) is 7.05 Å². The normalized spacial score (nSPS) is 24.6. The molecule has 1 saturated carbocycles. The first-order valence-corrected chi connectivity index (χ1v) is 7.77. The van der Waals surface area contributed by atoms with Gasteiger partial charge in [0.05, 0.1) is 0 Å². The van der Waals surface area contributed by atoms with E-state index in [-0.39, 0.29) is 6.04 Å². The summed E-state index contributed by atoms with van der Waals surface area (Å²) in [5.41, 5.74) is 0.740. The summed E-state index contributed by atoms with van der Waals surface area (Å²) in [5, 5.41) is 3.26. The second-order valence-electron chi connectivity index (χ2n) is 6.04. The van der Waals surface area contributed by atoms with Gasteiger partial charge in [-0.25, -0.2) is 8.78 Å². The molecule has 1 aliphatic carbocycles. The monoisotopic (exact) mass is 281 g/mol. The highest BCUT2D eigenvalue weighted by Gasteiger charge is 2.27. The molecular formula is C17H25F2N. The van der Waals surface area contributed by atoms with Crippen LogP contribution >= 0.6 is 0 Å². The molecular weight excluding hydrogens is 256 g/mol. The average molecular weight is 281 g/mol. The van der Waals surface area contributed by atoms with Gasteiger partial charge in [0.2, 0.25) is 0 Å². The maximum atomic E-state index is 13.4. The third-order valence-electron chi connectivity index (χ3n) is 4.61. The van der Waals surface area contributed by atoms with Gasteiger partial charge in [0.15, 0.2) is 0 Å². The Balaban J connectivity index is 2.05. The first-order valence-electron chi connectivity index (χ1n) is 7.77. The van der Waals surface area contributed by atoms with E-state index in [2.05, 4.69) is 12.2 Å². The molecule has 1 aromatic carbocycles. The fourth-order valence-electron chi connectivity index (χ4n) is 3.65. The van der Waals surface area contributed by atoms with Crippen LogP contribution in [0.2, 0.25) is 0 Å². The van der Waals surface area contributed by atoms with Crippen LogP contribution in [0.1, 0.15) is 57.1 Å². The molecule has 0 heterocycles. The number of benzene rings is 1. The van der Waals surface area contributed by atoms with Crippen LogP contribution in [0.25, 0.3) is 0 Å². The van der Waals surface area contributed by atoms with E-state index in [4.69, 9.17) is 0 Å². The van der Waals surface area contributed by atoms with Crippen LogP contribution in [-0.2, 0) is 0 Å². The minimum atomic E-state index is -0.486. The quantitative estimate of drug-likeness (QED) is 0.815. The van der Waals surface area contributed by atoms with Crippen LogP contribution in [-0.4, -0.2) is 7.05 Å². The molecule has 0 aromatic heterocycles. The molecule has 2 rings (SSSR count). The topological polar surface area (TPSA) is 12.0 Å². The van der Waals surface area contributed by atoms with E-state index in [0.29, 0.717) is 5.92 Å². The summed E-state index contributed by atoms with van der Waals surface area (Å²) in [6.45, 7) is 2.23. The predicted octanol–water partition coefficient (Wildman–Crippen LogP) is 4.83. The largest absolute Gasteiger partial charge is 0.313 e. The zero-order valence-electron chi connectivity index (χ0n) is 12.5. The van der Waals surface area contributed by atoms with E-state index < -0.39 is 11.6 Å². The van der Waals surface area contributed by atoms with Crippen molar-refractivity contribution >= 4 is 0 Å². The van der Waals surface area contributed by atoms with Crippen LogP contribution in [0.5, 0.6) is 0 Å². The molecule has 0 saturated heterocycles. The summed E-state index contributed by atoms with van der Waals surface area (Å²) in [5.74, 6) is 0.354. The standard InChI is InChI=1S/C17H25F2N/c1-3-4-12-5-7-13(8-6-12)17(20-2)14-9-15(18)11-16(19)10-14/h9-13,17,20H,3-8H2,1-2H3. The van der Waals surface area contributed by atoms with Gasteiger partial charge in [0.25, 0.3) is 0 Å². The van der Waals surface area contributed by atoms with Crippen molar-refractivity contribution in [2.45, 2.75) is 51.5 Å². The Morgan fingerprint density at radius 1 is 1.10 bits per heavy atom. The highest BCUT2D eigenvalue weighted by molar-refractivity contribution is 5.22. The maximum Gasteiger partial charge on any atom is 0.126 e. The molecule has 1 N–H and O–H groups in total. The smallest absolute Gasteiger partial charge is 0.126 e. The van der Waals surface area contributed by atoms with Gasteiger partial charge in [-0.3, -0.25) is 0 Å². The highest BCUT2D eigenvalue weighted by Crippen LogP contribution is 2.38. The number of halogens is 2. The van der Waals surface area contributed by atoms with Crippen LogP contribution in [0.3, 0.4) is 0 Å². The van der Waals surface area contributed by atoms with E-state index in [1.54, 1.807) is 0 Å².